The van der Waals surface area contributed by atoms with Gasteiger partial charge in [0.1, 0.15) is 16.9 Å². The molecule has 0 fully saturated rings. The first-order chi connectivity index (χ1) is 18.4. The Kier molecular flexibility index (Phi) is 9.14. The number of hydrogen-bond donors (Lipinski definition) is 2. The van der Waals surface area contributed by atoms with Crippen LogP contribution < -0.4 is 4.90 Å². The molecule has 1 aliphatic heterocycles. The van der Waals surface area contributed by atoms with E-state index in [9.17, 15) is 15.0 Å². The fourth-order valence-corrected chi connectivity index (χ4v) is 5.93. The molecular weight excluding hydrogens is 470 g/mol. The summed E-state index contributed by atoms with van der Waals surface area (Å²) < 4.78 is 0. The molecule has 4 rings (SSSR count). The van der Waals surface area contributed by atoms with Gasteiger partial charge in [-0.05, 0) is 60.7 Å². The lowest BCUT2D eigenvalue weighted by Gasteiger charge is -2.31. The average molecular weight is 514 g/mol. The van der Waals surface area contributed by atoms with Crippen molar-refractivity contribution in [2.75, 3.05) is 11.4 Å². The number of unbranched alkanes of at least 4 members (excludes halogenated alkanes) is 9. The number of carbonyl (C=O) groups excluding carboxylic acids is 1. The van der Waals surface area contributed by atoms with E-state index >= 15 is 0 Å². The molecule has 3 aromatic rings. The van der Waals surface area contributed by atoms with Gasteiger partial charge in [0.15, 0.2) is 0 Å². The van der Waals surface area contributed by atoms with Gasteiger partial charge in [-0.2, -0.15) is 0 Å². The third-order valence-corrected chi connectivity index (χ3v) is 8.16. The Bertz CT molecular complexity index is 1200. The molecule has 0 saturated carbocycles. The summed E-state index contributed by atoms with van der Waals surface area (Å²) in [5.74, 6) is 0.461. The third kappa shape index (κ3) is 5.45. The number of aryl methyl sites for hydroxylation is 2. The molecule has 0 unspecified atom stereocenters. The Balaban J connectivity index is 1.59. The van der Waals surface area contributed by atoms with Crippen molar-refractivity contribution in [3.8, 4) is 11.5 Å². The number of aromatic hydroxyl groups is 2. The predicted octanol–water partition coefficient (Wildman–Crippen LogP) is 8.32. The van der Waals surface area contributed by atoms with Crippen LogP contribution in [0.1, 0.15) is 98.9 Å². The summed E-state index contributed by atoms with van der Waals surface area (Å²) in [4.78, 5) is 16.5. The fourth-order valence-electron chi connectivity index (χ4n) is 5.93. The highest BCUT2D eigenvalue weighted by molar-refractivity contribution is 6.13. The maximum absolute atomic E-state index is 14.6. The molecule has 202 valence electrons. The minimum absolute atomic E-state index is 0.0322. The zero-order chi connectivity index (χ0) is 27.1. The topological polar surface area (TPSA) is 60.8 Å². The zero-order valence-corrected chi connectivity index (χ0v) is 23.3. The number of hydrogen-bond acceptors (Lipinski definition) is 3. The number of para-hydroxylation sites is 1. The molecule has 2 N–H and O–H groups in total. The SMILES string of the molecule is CCCCCCCCCCCCN1C(=O)C(c2ccc(O)c(C)c2)(c2ccc(O)c(C)c2)c2ccccc21. The summed E-state index contributed by atoms with van der Waals surface area (Å²) in [5.41, 5.74) is 4.00. The summed E-state index contributed by atoms with van der Waals surface area (Å²) in [6.07, 6.45) is 12.5. The van der Waals surface area contributed by atoms with Crippen molar-refractivity contribution >= 4 is 11.6 Å². The lowest BCUT2D eigenvalue weighted by atomic mass is 9.69. The summed E-state index contributed by atoms with van der Waals surface area (Å²) >= 11 is 0. The van der Waals surface area contributed by atoms with Crippen LogP contribution in [0.15, 0.2) is 60.7 Å². The van der Waals surface area contributed by atoms with Gasteiger partial charge in [-0.25, -0.2) is 0 Å². The maximum atomic E-state index is 14.6. The Morgan fingerprint density at radius 3 is 1.71 bits per heavy atom. The van der Waals surface area contributed by atoms with Gasteiger partial charge in [0.05, 0.1) is 0 Å². The van der Waals surface area contributed by atoms with E-state index in [2.05, 4.69) is 13.0 Å². The van der Waals surface area contributed by atoms with Gasteiger partial charge in [-0.15, -0.1) is 0 Å². The summed E-state index contributed by atoms with van der Waals surface area (Å²) in [6, 6.07) is 19.0. The van der Waals surface area contributed by atoms with Crippen LogP contribution in [0.2, 0.25) is 0 Å². The largest absolute Gasteiger partial charge is 0.508 e. The average Bonchev–Trinajstić information content (AvgIpc) is 3.16. The Labute approximate surface area is 228 Å². The van der Waals surface area contributed by atoms with Crippen molar-refractivity contribution in [1.82, 2.24) is 0 Å². The third-order valence-electron chi connectivity index (χ3n) is 8.16. The molecule has 0 atom stereocenters. The Morgan fingerprint density at radius 2 is 1.18 bits per heavy atom. The van der Waals surface area contributed by atoms with Gasteiger partial charge < -0.3 is 15.1 Å². The number of phenolic OH excluding ortho intramolecular Hbond substituents is 2. The zero-order valence-electron chi connectivity index (χ0n) is 23.3. The first-order valence-corrected chi connectivity index (χ1v) is 14.4. The molecule has 0 spiro atoms. The molecule has 3 aromatic carbocycles. The van der Waals surface area contributed by atoms with Gasteiger partial charge >= 0.3 is 0 Å². The second-order valence-corrected chi connectivity index (χ2v) is 10.9. The minimum Gasteiger partial charge on any atom is -0.508 e. The van der Waals surface area contributed by atoms with Gasteiger partial charge in [-0.3, -0.25) is 4.79 Å². The first kappa shape index (κ1) is 27.8. The van der Waals surface area contributed by atoms with Crippen LogP contribution in [-0.2, 0) is 10.2 Å². The van der Waals surface area contributed by atoms with Gasteiger partial charge in [0.25, 0.3) is 0 Å². The van der Waals surface area contributed by atoms with E-state index in [1.54, 1.807) is 12.1 Å². The highest BCUT2D eigenvalue weighted by atomic mass is 16.3. The second-order valence-electron chi connectivity index (χ2n) is 10.9. The van der Waals surface area contributed by atoms with Crippen molar-refractivity contribution in [2.45, 2.75) is 90.4 Å². The number of anilines is 1. The van der Waals surface area contributed by atoms with Gasteiger partial charge in [-0.1, -0.05) is 107 Å². The molecule has 1 amide bonds. The molecule has 4 heteroatoms. The molecule has 0 saturated heterocycles. The molecule has 1 aliphatic rings. The van der Waals surface area contributed by atoms with Gasteiger partial charge in [0.2, 0.25) is 5.91 Å². The number of carbonyl (C=O) groups is 1. The van der Waals surface area contributed by atoms with Crippen molar-refractivity contribution in [2.24, 2.45) is 0 Å². The Morgan fingerprint density at radius 1 is 0.684 bits per heavy atom. The number of rotatable bonds is 13. The second kappa shape index (κ2) is 12.5. The normalized spacial score (nSPS) is 14.2. The smallest absolute Gasteiger partial charge is 0.246 e. The monoisotopic (exact) mass is 513 g/mol. The molecule has 38 heavy (non-hydrogen) atoms. The standard InChI is InChI=1S/C34H43NO3/c1-4-5-6-7-8-9-10-11-12-15-22-35-30-17-14-13-16-29(30)34(33(35)38,27-18-20-31(36)25(2)23-27)28-19-21-32(37)26(3)24-28/h13-14,16-21,23-24,36-37H,4-12,15,22H2,1-3H3. The molecule has 4 nitrogen and oxygen atoms in total. The predicted molar refractivity (Wildman–Crippen MR) is 156 cm³/mol. The van der Waals surface area contributed by atoms with Crippen LogP contribution in [-0.4, -0.2) is 22.7 Å². The van der Waals surface area contributed by atoms with Crippen molar-refractivity contribution < 1.29 is 15.0 Å². The highest BCUT2D eigenvalue weighted by Crippen LogP contribution is 2.51. The van der Waals surface area contributed by atoms with Crippen LogP contribution in [0.4, 0.5) is 5.69 Å². The van der Waals surface area contributed by atoms with E-state index in [4.69, 9.17) is 0 Å². The molecule has 0 aromatic heterocycles. The van der Waals surface area contributed by atoms with E-state index in [-0.39, 0.29) is 17.4 Å². The maximum Gasteiger partial charge on any atom is 0.246 e. The summed E-state index contributed by atoms with van der Waals surface area (Å²) in [7, 11) is 0. The molecule has 0 bridgehead atoms. The van der Waals surface area contributed by atoms with E-state index in [1.807, 2.05) is 61.2 Å². The lowest BCUT2D eigenvalue weighted by molar-refractivity contribution is -0.120. The highest BCUT2D eigenvalue weighted by Gasteiger charge is 2.53. The number of fused-ring (bicyclic) bond motifs is 1. The van der Waals surface area contributed by atoms with Crippen molar-refractivity contribution in [1.29, 1.82) is 0 Å². The van der Waals surface area contributed by atoms with E-state index < -0.39 is 5.41 Å². The Hall–Kier alpha value is -3.27. The number of benzene rings is 3. The van der Waals surface area contributed by atoms with Crippen LogP contribution in [0.5, 0.6) is 11.5 Å². The molecule has 1 heterocycles. The van der Waals surface area contributed by atoms with E-state index in [0.29, 0.717) is 6.54 Å². The number of nitrogens with zero attached hydrogens (tertiary/aromatic N) is 1. The number of phenols is 2. The lowest BCUT2D eigenvalue weighted by Crippen LogP contribution is -2.42. The fraction of sp³-hybridized carbons (Fsp3) is 0.441. The van der Waals surface area contributed by atoms with E-state index in [0.717, 1.165) is 46.3 Å². The summed E-state index contributed by atoms with van der Waals surface area (Å²) in [6.45, 7) is 6.66. The quantitative estimate of drug-likeness (QED) is 0.226. The molecule has 0 aliphatic carbocycles. The van der Waals surface area contributed by atoms with Crippen molar-refractivity contribution in [3.63, 3.8) is 0 Å². The van der Waals surface area contributed by atoms with E-state index in [1.165, 1.54) is 51.4 Å². The van der Waals surface area contributed by atoms with Crippen molar-refractivity contribution in [3.05, 3.63) is 88.5 Å². The van der Waals surface area contributed by atoms with Gasteiger partial charge in [0, 0.05) is 17.8 Å². The molecular formula is C34H43NO3. The minimum atomic E-state index is -1.04. The summed E-state index contributed by atoms with van der Waals surface area (Å²) in [5, 5.41) is 20.5. The van der Waals surface area contributed by atoms with Crippen LogP contribution in [0.25, 0.3) is 0 Å². The van der Waals surface area contributed by atoms with Crippen LogP contribution in [0.3, 0.4) is 0 Å². The molecule has 0 radical (unpaired) electrons. The first-order valence-electron chi connectivity index (χ1n) is 14.4. The van der Waals surface area contributed by atoms with Crippen LogP contribution in [0, 0.1) is 13.8 Å². The van der Waals surface area contributed by atoms with Crippen LogP contribution >= 0.6 is 0 Å². The number of amides is 1.